The van der Waals surface area contributed by atoms with Crippen molar-refractivity contribution in [3.05, 3.63) is 11.8 Å². The average Bonchev–Trinajstić information content (AvgIpc) is 2.96. The molecule has 26 heavy (non-hydrogen) atoms. The van der Waals surface area contributed by atoms with Crippen LogP contribution in [-0.2, 0) is 14.3 Å². The number of rotatable bonds is 5. The molecule has 1 amide bonds. The van der Waals surface area contributed by atoms with Crippen molar-refractivity contribution in [3.63, 3.8) is 0 Å². The van der Waals surface area contributed by atoms with E-state index >= 15 is 0 Å². The monoisotopic (exact) mass is 360 g/mol. The zero-order chi connectivity index (χ0) is 18.4. The highest BCUT2D eigenvalue weighted by molar-refractivity contribution is 5.95. The van der Waals surface area contributed by atoms with Gasteiger partial charge in [-0.1, -0.05) is 19.0 Å². The highest BCUT2D eigenvalue weighted by Gasteiger charge is 2.52. The van der Waals surface area contributed by atoms with Gasteiger partial charge in [-0.05, 0) is 68.6 Å². The first-order valence-electron chi connectivity index (χ1n) is 9.85. The number of esters is 1. The lowest BCUT2D eigenvalue weighted by Gasteiger charge is -2.53. The molecule has 1 aromatic rings. The summed E-state index contributed by atoms with van der Waals surface area (Å²) < 4.78 is 10.7. The van der Waals surface area contributed by atoms with Crippen molar-refractivity contribution in [2.24, 2.45) is 35.5 Å². The van der Waals surface area contributed by atoms with Crippen molar-refractivity contribution in [1.29, 1.82) is 0 Å². The molecule has 5 rings (SSSR count). The molecule has 0 radical (unpaired) electrons. The van der Waals surface area contributed by atoms with E-state index in [1.54, 1.807) is 13.0 Å². The molecule has 4 saturated carbocycles. The van der Waals surface area contributed by atoms with E-state index in [0.717, 1.165) is 37.5 Å². The summed E-state index contributed by atoms with van der Waals surface area (Å²) in [6, 6.07) is 1.65. The molecule has 1 aromatic heterocycles. The maximum absolute atomic E-state index is 13.0. The number of hydrogen-bond donors (Lipinski definition) is 1. The van der Waals surface area contributed by atoms with Crippen LogP contribution in [0, 0.1) is 42.4 Å². The van der Waals surface area contributed by atoms with Gasteiger partial charge in [-0.15, -0.1) is 0 Å². The largest absolute Gasteiger partial charge is 0.452 e. The molecule has 4 bridgehead atoms. The Hall–Kier alpha value is -1.85. The molecule has 142 valence electrons. The number of hydrogen-bond acceptors (Lipinski definition) is 5. The minimum Gasteiger partial charge on any atom is -0.452 e. The van der Waals surface area contributed by atoms with Crippen molar-refractivity contribution >= 4 is 17.7 Å². The zero-order valence-corrected chi connectivity index (χ0v) is 15.7. The third-order valence-electron chi connectivity index (χ3n) is 6.49. The number of ether oxygens (including phenoxy) is 1. The van der Waals surface area contributed by atoms with Crippen LogP contribution in [-0.4, -0.2) is 23.1 Å². The molecule has 0 saturated heterocycles. The van der Waals surface area contributed by atoms with Crippen LogP contribution in [0.4, 0.5) is 5.82 Å². The Morgan fingerprint density at radius 3 is 2.27 bits per heavy atom. The summed E-state index contributed by atoms with van der Waals surface area (Å²) in [6.07, 6.45) is 5.17. The van der Waals surface area contributed by atoms with E-state index in [2.05, 4.69) is 10.5 Å². The van der Waals surface area contributed by atoms with Gasteiger partial charge in [-0.25, -0.2) is 0 Å². The molecule has 6 nitrogen and oxygen atoms in total. The number of carbonyl (C=O) groups is 2. The predicted octanol–water partition coefficient (Wildman–Crippen LogP) is 3.56. The number of anilines is 1. The number of carbonyl (C=O) groups excluding carboxylic acids is 2. The molecule has 1 unspecified atom stereocenters. The Morgan fingerprint density at radius 2 is 1.77 bits per heavy atom. The van der Waals surface area contributed by atoms with Crippen molar-refractivity contribution < 1.29 is 18.8 Å². The van der Waals surface area contributed by atoms with Gasteiger partial charge in [0.1, 0.15) is 5.76 Å². The highest BCUT2D eigenvalue weighted by Crippen LogP contribution is 2.56. The van der Waals surface area contributed by atoms with Gasteiger partial charge >= 0.3 is 5.97 Å². The topological polar surface area (TPSA) is 81.4 Å². The van der Waals surface area contributed by atoms with Crippen LogP contribution in [0.15, 0.2) is 10.6 Å². The molecule has 4 fully saturated rings. The van der Waals surface area contributed by atoms with E-state index in [0.29, 0.717) is 23.4 Å². The predicted molar refractivity (Wildman–Crippen MR) is 95.1 cm³/mol. The summed E-state index contributed by atoms with van der Waals surface area (Å²) in [7, 11) is 0. The first kappa shape index (κ1) is 17.6. The molecular weight excluding hydrogens is 332 g/mol. The lowest BCUT2D eigenvalue weighted by atomic mass is 9.52. The lowest BCUT2D eigenvalue weighted by Crippen LogP contribution is -2.50. The number of amides is 1. The molecule has 4 aliphatic carbocycles. The van der Waals surface area contributed by atoms with Gasteiger partial charge in [0.2, 0.25) is 0 Å². The van der Waals surface area contributed by atoms with Gasteiger partial charge < -0.3 is 14.6 Å². The SMILES string of the molecule is Cc1cc(NC(=O)C(OC(=O)C2C3CC4CC(C3)CC2C4)C(C)C)no1. The van der Waals surface area contributed by atoms with E-state index in [1.165, 1.54) is 6.42 Å². The van der Waals surface area contributed by atoms with Crippen molar-refractivity contribution in [2.45, 2.75) is 59.0 Å². The van der Waals surface area contributed by atoms with Crippen LogP contribution in [0.3, 0.4) is 0 Å². The maximum atomic E-state index is 13.0. The van der Waals surface area contributed by atoms with Gasteiger partial charge in [0.25, 0.3) is 5.91 Å². The van der Waals surface area contributed by atoms with Crippen LogP contribution >= 0.6 is 0 Å². The fourth-order valence-electron chi connectivity index (χ4n) is 5.63. The normalized spacial score (nSPS) is 33.3. The van der Waals surface area contributed by atoms with Crippen molar-refractivity contribution in [1.82, 2.24) is 5.16 Å². The second-order valence-electron chi connectivity index (χ2n) is 8.87. The number of aromatic nitrogens is 1. The standard InChI is InChI=1S/C20H28N2O4/c1-10(2)18(19(23)21-16-4-11(3)26-22-16)25-20(24)17-14-6-12-5-13(8-14)9-15(17)7-12/h4,10,12-15,17-18H,5-9H2,1-3H3,(H,21,22,23). The van der Waals surface area contributed by atoms with Crippen molar-refractivity contribution in [3.8, 4) is 0 Å². The molecule has 4 aliphatic rings. The Bertz CT molecular complexity index is 668. The minimum atomic E-state index is -0.809. The molecule has 1 atom stereocenters. The molecule has 1 N–H and O–H groups in total. The molecule has 0 aromatic carbocycles. The van der Waals surface area contributed by atoms with E-state index in [4.69, 9.17) is 9.26 Å². The Labute approximate surface area is 154 Å². The smallest absolute Gasteiger partial charge is 0.310 e. The van der Waals surface area contributed by atoms with Crippen LogP contribution in [0.2, 0.25) is 0 Å². The maximum Gasteiger partial charge on any atom is 0.310 e. The van der Waals surface area contributed by atoms with Crippen molar-refractivity contribution in [2.75, 3.05) is 5.32 Å². The van der Waals surface area contributed by atoms with Gasteiger partial charge in [-0.3, -0.25) is 9.59 Å². The lowest BCUT2D eigenvalue weighted by molar-refractivity contribution is -0.172. The second-order valence-corrected chi connectivity index (χ2v) is 8.87. The number of nitrogens with one attached hydrogen (secondary N) is 1. The molecule has 1 heterocycles. The number of nitrogens with zero attached hydrogens (tertiary/aromatic N) is 1. The summed E-state index contributed by atoms with van der Waals surface area (Å²) in [5, 5.41) is 6.47. The van der Waals surface area contributed by atoms with E-state index in [9.17, 15) is 9.59 Å². The fraction of sp³-hybridized carbons (Fsp3) is 0.750. The fourth-order valence-corrected chi connectivity index (χ4v) is 5.63. The first-order valence-corrected chi connectivity index (χ1v) is 9.85. The summed E-state index contributed by atoms with van der Waals surface area (Å²) in [6.45, 7) is 5.54. The van der Waals surface area contributed by atoms with Gasteiger partial charge in [0, 0.05) is 6.07 Å². The molecule has 6 heteroatoms. The van der Waals surface area contributed by atoms with E-state index in [-0.39, 0.29) is 23.7 Å². The Balaban J connectivity index is 1.43. The minimum absolute atomic E-state index is 0.0221. The summed E-state index contributed by atoms with van der Waals surface area (Å²) >= 11 is 0. The van der Waals surface area contributed by atoms with Gasteiger partial charge in [0.05, 0.1) is 5.92 Å². The third-order valence-corrected chi connectivity index (χ3v) is 6.49. The van der Waals surface area contributed by atoms with E-state index in [1.807, 2.05) is 13.8 Å². The van der Waals surface area contributed by atoms with Crippen LogP contribution in [0.25, 0.3) is 0 Å². The summed E-state index contributed by atoms with van der Waals surface area (Å²) in [5.74, 6) is 2.84. The van der Waals surface area contributed by atoms with Gasteiger partial charge in [0.15, 0.2) is 11.9 Å². The molecule has 0 spiro atoms. The van der Waals surface area contributed by atoms with E-state index < -0.39 is 6.10 Å². The Kier molecular flexibility index (Phi) is 4.53. The first-order chi connectivity index (χ1) is 12.4. The Morgan fingerprint density at radius 1 is 1.15 bits per heavy atom. The number of aryl methyl sites for hydroxylation is 1. The highest BCUT2D eigenvalue weighted by atomic mass is 16.5. The molecule has 0 aliphatic heterocycles. The summed E-state index contributed by atoms with van der Waals surface area (Å²) in [5.41, 5.74) is 0. The molecular formula is C20H28N2O4. The third kappa shape index (κ3) is 3.26. The van der Waals surface area contributed by atoms with Gasteiger partial charge in [-0.2, -0.15) is 0 Å². The average molecular weight is 360 g/mol. The van der Waals surface area contributed by atoms with Crippen LogP contribution in [0.5, 0.6) is 0 Å². The zero-order valence-electron chi connectivity index (χ0n) is 15.7. The quantitative estimate of drug-likeness (QED) is 0.812. The summed E-state index contributed by atoms with van der Waals surface area (Å²) in [4.78, 5) is 25.6. The second kappa shape index (κ2) is 6.71. The van der Waals surface area contributed by atoms with Crippen LogP contribution < -0.4 is 5.32 Å². The van der Waals surface area contributed by atoms with Crippen LogP contribution in [0.1, 0.15) is 51.7 Å².